The van der Waals surface area contributed by atoms with Crippen LogP contribution >= 0.6 is 0 Å². The summed E-state index contributed by atoms with van der Waals surface area (Å²) in [6.07, 6.45) is 51.6. The maximum Gasteiger partial charge on any atom is 0.330 e. The first-order valence-electron chi connectivity index (χ1n) is 43.8. The first-order valence-corrected chi connectivity index (χ1v) is 43.8. The van der Waals surface area contributed by atoms with Crippen molar-refractivity contribution < 1.29 is 53.1 Å². The number of nitrogens with one attached hydrogen (secondary N) is 2. The predicted octanol–water partition coefficient (Wildman–Crippen LogP) is 19.0. The Morgan fingerprint density at radius 1 is 0.419 bits per heavy atom. The van der Waals surface area contributed by atoms with E-state index in [1.807, 2.05) is 0 Å². The molecule has 105 heavy (non-hydrogen) atoms. The largest absolute Gasteiger partial charge is 0.465 e. The fraction of sp³-hybridized carbons (Fsp3) is 0.894. The number of carbonyl (C=O) groups is 4. The molecule has 0 aromatic carbocycles. The normalized spacial score (nSPS) is 16.2. The summed E-state index contributed by atoms with van der Waals surface area (Å²) < 4.78 is 30.3. The van der Waals surface area contributed by atoms with E-state index >= 15 is 0 Å². The zero-order valence-corrected chi connectivity index (χ0v) is 67.8. The van der Waals surface area contributed by atoms with Crippen LogP contribution in [0, 0.1) is 17.8 Å². The number of hydrogen-bond donors (Lipinski definition) is 5. The topological polar surface area (TPSA) is 271 Å². The van der Waals surface area contributed by atoms with Crippen molar-refractivity contribution in [2.45, 2.75) is 406 Å². The van der Waals surface area contributed by atoms with Crippen LogP contribution in [0.15, 0.2) is 9.59 Å². The number of nitrogen functional groups attached to an aromatic ring is 1. The smallest absolute Gasteiger partial charge is 0.330 e. The summed E-state index contributed by atoms with van der Waals surface area (Å²) in [5, 5.41) is 21.9. The third kappa shape index (κ3) is 44.2. The van der Waals surface area contributed by atoms with E-state index in [0.29, 0.717) is 26.2 Å². The third-order valence-corrected chi connectivity index (χ3v) is 21.7. The van der Waals surface area contributed by atoms with Gasteiger partial charge in [0.1, 0.15) is 24.9 Å². The fourth-order valence-corrected chi connectivity index (χ4v) is 14.9. The summed E-state index contributed by atoms with van der Waals surface area (Å²) in [4.78, 5) is 92.8. The van der Waals surface area contributed by atoms with E-state index in [1.165, 1.54) is 154 Å². The monoisotopic (exact) mass is 1480 g/mol. The van der Waals surface area contributed by atoms with Crippen molar-refractivity contribution in [3.05, 3.63) is 20.8 Å². The van der Waals surface area contributed by atoms with Gasteiger partial charge in [-0.05, 0) is 136 Å². The van der Waals surface area contributed by atoms with E-state index < -0.39 is 41.8 Å². The molecule has 6 N–H and O–H groups in total. The van der Waals surface area contributed by atoms with Gasteiger partial charge in [0.05, 0.1) is 37.6 Å². The summed E-state index contributed by atoms with van der Waals surface area (Å²) in [5.74, 6) is -0.636. The highest BCUT2D eigenvalue weighted by Crippen LogP contribution is 2.31. The van der Waals surface area contributed by atoms with Crippen LogP contribution in [0.3, 0.4) is 0 Å². The summed E-state index contributed by atoms with van der Waals surface area (Å²) >= 11 is 0. The van der Waals surface area contributed by atoms with E-state index in [1.54, 1.807) is 0 Å². The van der Waals surface area contributed by atoms with E-state index in [2.05, 4.69) is 66.3 Å². The molecule has 2 aromatic heterocycles. The molecule has 5 unspecified atom stereocenters. The average Bonchev–Trinajstić information content (AvgIpc) is 1.61. The van der Waals surface area contributed by atoms with Gasteiger partial charge in [0.2, 0.25) is 5.95 Å². The molecule has 1 aliphatic heterocycles. The Balaban J connectivity index is 1.64. The molecule has 0 amide bonds. The summed E-state index contributed by atoms with van der Waals surface area (Å²) in [6, 6.07) is 0. The molecule has 0 spiro atoms. The van der Waals surface area contributed by atoms with Crippen molar-refractivity contribution in [3.8, 4) is 0 Å². The SMILES string of the molecule is CCCCCCCCC(CCCCCC)C(=O)OCCCCCCN(CCCCCCOC(=O)C(CCCCCC)CCCCCCCC)CCCN(CCCCCCOC(=O)C(CCCCCC)CCCCCCCC)CCCCCC(=O)OC[C@@H]1O[C@H](n2c(=O)[nH]c3c(=O)[nH]c(N)nc32)C(O)C1O. The van der Waals surface area contributed by atoms with Crippen molar-refractivity contribution in [1.82, 2.24) is 29.3 Å². The second kappa shape index (κ2) is 63.4. The number of aliphatic hydroxyl groups is 2. The number of fused-ring (bicyclic) bond motifs is 1. The second-order valence-electron chi connectivity index (χ2n) is 31.1. The number of hydrogen-bond acceptors (Lipinski definition) is 17. The van der Waals surface area contributed by atoms with E-state index in [4.69, 9.17) is 29.4 Å². The molecule has 3 rings (SSSR count). The van der Waals surface area contributed by atoms with Gasteiger partial charge in [-0.25, -0.2) is 9.36 Å². The summed E-state index contributed by atoms with van der Waals surface area (Å²) in [7, 11) is 0. The number of ether oxygens (including phenoxy) is 5. The van der Waals surface area contributed by atoms with Crippen LogP contribution in [0.2, 0.25) is 0 Å². The lowest BCUT2D eigenvalue weighted by Gasteiger charge is -2.26. The lowest BCUT2D eigenvalue weighted by molar-refractivity contribution is -0.150. The van der Waals surface area contributed by atoms with E-state index in [9.17, 15) is 39.0 Å². The number of nitrogens with zero attached hydrogens (tertiary/aromatic N) is 4. The molecule has 0 saturated carbocycles. The molecule has 1 saturated heterocycles. The van der Waals surface area contributed by atoms with Crippen molar-refractivity contribution in [2.75, 3.05) is 71.4 Å². The second-order valence-corrected chi connectivity index (χ2v) is 31.1. The lowest BCUT2D eigenvalue weighted by Crippen LogP contribution is -2.35. The molecule has 1 fully saturated rings. The number of imidazole rings is 1. The van der Waals surface area contributed by atoms with Crippen LogP contribution in [0.5, 0.6) is 0 Å². The Kier molecular flexibility index (Phi) is 57.3. The first kappa shape index (κ1) is 94.8. The van der Waals surface area contributed by atoms with Gasteiger partial charge in [-0.15, -0.1) is 0 Å². The van der Waals surface area contributed by atoms with Crippen LogP contribution in [-0.2, 0) is 42.9 Å². The van der Waals surface area contributed by atoms with Crippen LogP contribution in [0.4, 0.5) is 5.95 Å². The Morgan fingerprint density at radius 3 is 1.10 bits per heavy atom. The molecule has 3 heterocycles. The van der Waals surface area contributed by atoms with Gasteiger partial charge < -0.3 is 49.4 Å². The number of rotatable bonds is 73. The number of anilines is 1. The Morgan fingerprint density at radius 2 is 0.733 bits per heavy atom. The van der Waals surface area contributed by atoms with Crippen LogP contribution in [0.25, 0.3) is 11.2 Å². The standard InChI is InChI=1S/C85H157N7O13/c1-7-13-19-25-28-41-56-70(53-38-22-16-10-4)81(97)101-66-49-34-31-45-60-90(61-46-32-35-50-67-102-82(98)71(54-39-23-17-11-5)57-42-29-26-20-14-8-2)64-52-65-91(62-47-33-36-51-68-103-83(99)72(55-40-24-18-12-6)58-43-30-27-21-15-9-3)63-48-37-44-59-74(93)104-69-73-76(94)77(95)80(105-73)92-78-75(87-85(92)100)79(96)89-84(86)88-78/h70-73,76-77,80,94-95H,7-69H2,1-6H3,(H,87,100)(H3,86,88,89,96)/t70?,71?,72?,73-,76?,77?,80-/m0/s1. The number of esters is 4. The highest BCUT2D eigenvalue weighted by atomic mass is 16.6. The number of aromatic nitrogens is 4. The highest BCUT2D eigenvalue weighted by molar-refractivity contribution is 5.73. The van der Waals surface area contributed by atoms with Crippen LogP contribution in [-0.4, -0.2) is 147 Å². The number of H-pyrrole nitrogens is 2. The number of carbonyl (C=O) groups excluding carboxylic acids is 4. The molecule has 610 valence electrons. The lowest BCUT2D eigenvalue weighted by atomic mass is 9.94. The zero-order chi connectivity index (χ0) is 76.2. The third-order valence-electron chi connectivity index (χ3n) is 21.7. The molecule has 20 heteroatoms. The zero-order valence-electron chi connectivity index (χ0n) is 67.8. The number of unbranched alkanes of at least 4 members (excludes halogenated alkanes) is 35. The maximum absolute atomic E-state index is 13.4. The quantitative estimate of drug-likeness (QED) is 0.0234. The molecule has 0 radical (unpaired) electrons. The molecule has 7 atom stereocenters. The highest BCUT2D eigenvalue weighted by Gasteiger charge is 2.46. The minimum Gasteiger partial charge on any atom is -0.465 e. The molecular weight excluding hydrogens is 1330 g/mol. The minimum atomic E-state index is -1.59. The molecule has 0 bridgehead atoms. The van der Waals surface area contributed by atoms with Crippen molar-refractivity contribution in [3.63, 3.8) is 0 Å². The van der Waals surface area contributed by atoms with Crippen LogP contribution < -0.4 is 17.0 Å². The average molecular weight is 1490 g/mol. The van der Waals surface area contributed by atoms with E-state index in [-0.39, 0.29) is 65.8 Å². The Hall–Kier alpha value is -4.37. The van der Waals surface area contributed by atoms with Gasteiger partial charge in [0, 0.05) is 6.42 Å². The van der Waals surface area contributed by atoms with Crippen molar-refractivity contribution in [1.29, 1.82) is 0 Å². The Bertz CT molecular complexity index is 2520. The number of aliphatic hydroxyl groups excluding tert-OH is 2. The molecule has 1 aliphatic rings. The van der Waals surface area contributed by atoms with Gasteiger partial charge in [0.25, 0.3) is 5.56 Å². The van der Waals surface area contributed by atoms with Gasteiger partial charge in [-0.3, -0.25) is 33.9 Å². The number of nitrogens with two attached hydrogens (primary N) is 1. The molecule has 0 aliphatic carbocycles. The Labute approximate surface area is 636 Å². The fourth-order valence-electron chi connectivity index (χ4n) is 14.9. The van der Waals surface area contributed by atoms with Gasteiger partial charge in [0.15, 0.2) is 17.4 Å². The number of aromatic amines is 2. The van der Waals surface area contributed by atoms with Crippen molar-refractivity contribution in [2.24, 2.45) is 17.8 Å². The van der Waals surface area contributed by atoms with Gasteiger partial charge >= 0.3 is 29.6 Å². The van der Waals surface area contributed by atoms with Crippen LogP contribution in [0.1, 0.15) is 388 Å². The van der Waals surface area contributed by atoms with Gasteiger partial charge in [-0.1, -0.05) is 279 Å². The van der Waals surface area contributed by atoms with E-state index in [0.717, 1.165) is 217 Å². The summed E-state index contributed by atoms with van der Waals surface area (Å²) in [5.41, 5.74) is 3.97. The minimum absolute atomic E-state index is 0.00359. The maximum atomic E-state index is 13.4. The van der Waals surface area contributed by atoms with Gasteiger partial charge in [-0.2, -0.15) is 4.98 Å². The predicted molar refractivity (Wildman–Crippen MR) is 427 cm³/mol. The molecule has 2 aromatic rings. The summed E-state index contributed by atoms with van der Waals surface area (Å²) in [6.45, 7) is 20.4. The molecular formula is C85H157N7O13. The van der Waals surface area contributed by atoms with Crippen molar-refractivity contribution >= 4 is 41.0 Å². The first-order chi connectivity index (χ1) is 51.2. The molecule has 20 nitrogen and oxygen atoms in total.